The first-order valence-corrected chi connectivity index (χ1v) is 7.41. The van der Waals surface area contributed by atoms with E-state index in [4.69, 9.17) is 0 Å². The summed E-state index contributed by atoms with van der Waals surface area (Å²) in [6.45, 7) is 2.72. The minimum Gasteiger partial charge on any atom is -0.292 e. The number of benzene rings is 2. The largest absolute Gasteiger partial charge is 0.292 e. The summed E-state index contributed by atoms with van der Waals surface area (Å²) in [4.78, 5) is 14.5. The molecular weight excluding hydrogens is 314 g/mol. The molecule has 0 aliphatic rings. The SMILES string of the molecule is CC(C(=O)c1ccc(Br)cc1)N(C)Cc1ccccc1. The summed E-state index contributed by atoms with van der Waals surface area (Å²) in [5.74, 6) is 0.149. The normalized spacial score (nSPS) is 12.4. The predicted octanol–water partition coefficient (Wildman–Crippen LogP) is 4.15. The molecule has 0 fully saturated rings. The molecule has 0 bridgehead atoms. The van der Waals surface area contributed by atoms with Crippen molar-refractivity contribution in [2.75, 3.05) is 7.05 Å². The Balaban J connectivity index is 2.04. The van der Waals surface area contributed by atoms with Crippen LogP contribution in [-0.4, -0.2) is 23.8 Å². The third kappa shape index (κ3) is 3.78. The highest BCUT2D eigenvalue weighted by molar-refractivity contribution is 9.10. The molecule has 0 radical (unpaired) electrons. The fourth-order valence-electron chi connectivity index (χ4n) is 2.06. The molecule has 2 aromatic carbocycles. The van der Waals surface area contributed by atoms with E-state index in [2.05, 4.69) is 33.0 Å². The zero-order chi connectivity index (χ0) is 14.5. The molecule has 0 saturated carbocycles. The minimum atomic E-state index is -0.142. The van der Waals surface area contributed by atoms with Gasteiger partial charge < -0.3 is 0 Å². The Hall–Kier alpha value is -1.45. The van der Waals surface area contributed by atoms with Gasteiger partial charge in [0.05, 0.1) is 6.04 Å². The van der Waals surface area contributed by atoms with E-state index in [0.717, 1.165) is 16.6 Å². The van der Waals surface area contributed by atoms with Gasteiger partial charge in [0.15, 0.2) is 5.78 Å². The standard InChI is InChI=1S/C17H18BrNO/c1-13(17(20)15-8-10-16(18)11-9-15)19(2)12-14-6-4-3-5-7-14/h3-11,13H,12H2,1-2H3. The van der Waals surface area contributed by atoms with Crippen LogP contribution in [0.15, 0.2) is 59.1 Å². The molecular formula is C17H18BrNO. The summed E-state index contributed by atoms with van der Waals surface area (Å²) in [5, 5.41) is 0. The summed E-state index contributed by atoms with van der Waals surface area (Å²) in [6.07, 6.45) is 0. The van der Waals surface area contributed by atoms with E-state index in [1.54, 1.807) is 0 Å². The van der Waals surface area contributed by atoms with Crippen LogP contribution in [0.1, 0.15) is 22.8 Å². The molecule has 0 saturated heterocycles. The second kappa shape index (κ2) is 6.82. The summed E-state index contributed by atoms with van der Waals surface area (Å²) >= 11 is 3.38. The van der Waals surface area contributed by atoms with Crippen LogP contribution < -0.4 is 0 Å². The molecule has 2 aromatic rings. The number of likely N-dealkylation sites (N-methyl/N-ethyl adjacent to an activating group) is 1. The zero-order valence-electron chi connectivity index (χ0n) is 11.7. The first-order valence-electron chi connectivity index (χ1n) is 6.62. The molecule has 3 heteroatoms. The number of nitrogens with zero attached hydrogens (tertiary/aromatic N) is 1. The van der Waals surface area contributed by atoms with Crippen LogP contribution in [0.25, 0.3) is 0 Å². The lowest BCUT2D eigenvalue weighted by atomic mass is 10.0. The highest BCUT2D eigenvalue weighted by Gasteiger charge is 2.19. The number of ketones is 1. The first-order chi connectivity index (χ1) is 9.58. The Morgan fingerprint density at radius 2 is 1.70 bits per heavy atom. The number of carbonyl (C=O) groups is 1. The maximum Gasteiger partial charge on any atom is 0.179 e. The molecule has 2 rings (SSSR count). The van der Waals surface area contributed by atoms with Gasteiger partial charge >= 0.3 is 0 Å². The summed E-state index contributed by atoms with van der Waals surface area (Å²) < 4.78 is 0.986. The maximum atomic E-state index is 12.4. The molecule has 1 unspecified atom stereocenters. The van der Waals surface area contributed by atoms with E-state index in [-0.39, 0.29) is 11.8 Å². The number of halogens is 1. The van der Waals surface area contributed by atoms with Crippen molar-refractivity contribution in [2.24, 2.45) is 0 Å². The lowest BCUT2D eigenvalue weighted by Gasteiger charge is -2.23. The Morgan fingerprint density at radius 1 is 1.10 bits per heavy atom. The first kappa shape index (κ1) is 14.9. The molecule has 2 nitrogen and oxygen atoms in total. The predicted molar refractivity (Wildman–Crippen MR) is 85.8 cm³/mol. The van der Waals surface area contributed by atoms with Gasteiger partial charge in [0.1, 0.15) is 0 Å². The lowest BCUT2D eigenvalue weighted by Crippen LogP contribution is -2.35. The van der Waals surface area contributed by atoms with Crippen molar-refractivity contribution in [3.63, 3.8) is 0 Å². The van der Waals surface area contributed by atoms with E-state index in [0.29, 0.717) is 0 Å². The van der Waals surface area contributed by atoms with Crippen molar-refractivity contribution in [3.05, 3.63) is 70.2 Å². The Morgan fingerprint density at radius 3 is 2.30 bits per heavy atom. The highest BCUT2D eigenvalue weighted by Crippen LogP contribution is 2.14. The molecule has 20 heavy (non-hydrogen) atoms. The van der Waals surface area contributed by atoms with Crippen LogP contribution in [0.3, 0.4) is 0 Å². The van der Waals surface area contributed by atoms with Gasteiger partial charge in [-0.3, -0.25) is 9.69 Å². The number of hydrogen-bond acceptors (Lipinski definition) is 2. The zero-order valence-corrected chi connectivity index (χ0v) is 13.3. The van der Waals surface area contributed by atoms with E-state index in [1.807, 2.05) is 56.4 Å². The van der Waals surface area contributed by atoms with Crippen molar-refractivity contribution in [1.82, 2.24) is 4.90 Å². The van der Waals surface area contributed by atoms with Gasteiger partial charge in [-0.15, -0.1) is 0 Å². The average Bonchev–Trinajstić information content (AvgIpc) is 2.47. The molecule has 0 aliphatic carbocycles. The molecule has 0 amide bonds. The number of Topliss-reactive ketones (excluding diaryl/α,β-unsaturated/α-hetero) is 1. The Kier molecular flexibility index (Phi) is 5.10. The number of hydrogen-bond donors (Lipinski definition) is 0. The van der Waals surface area contributed by atoms with Crippen LogP contribution in [0.5, 0.6) is 0 Å². The smallest absolute Gasteiger partial charge is 0.179 e. The van der Waals surface area contributed by atoms with E-state index in [1.165, 1.54) is 5.56 Å². The van der Waals surface area contributed by atoms with Crippen LogP contribution in [0, 0.1) is 0 Å². The molecule has 0 aromatic heterocycles. The fraction of sp³-hybridized carbons (Fsp3) is 0.235. The second-order valence-electron chi connectivity index (χ2n) is 4.95. The summed E-state index contributed by atoms with van der Waals surface area (Å²) in [7, 11) is 1.98. The van der Waals surface area contributed by atoms with Crippen LogP contribution in [0.2, 0.25) is 0 Å². The van der Waals surface area contributed by atoms with Gasteiger partial charge in [-0.1, -0.05) is 58.4 Å². The third-order valence-corrected chi connectivity index (χ3v) is 3.97. The molecule has 1 atom stereocenters. The quantitative estimate of drug-likeness (QED) is 0.767. The van der Waals surface area contributed by atoms with E-state index < -0.39 is 0 Å². The Bertz CT molecular complexity index is 565. The molecule has 0 spiro atoms. The molecule has 0 N–H and O–H groups in total. The number of rotatable bonds is 5. The maximum absolute atomic E-state index is 12.4. The Labute approximate surface area is 128 Å². The van der Waals surface area contributed by atoms with Crippen molar-refractivity contribution < 1.29 is 4.79 Å². The molecule has 104 valence electrons. The van der Waals surface area contributed by atoms with Gasteiger partial charge in [-0.05, 0) is 31.7 Å². The monoisotopic (exact) mass is 331 g/mol. The van der Waals surface area contributed by atoms with Gasteiger partial charge in [0.2, 0.25) is 0 Å². The van der Waals surface area contributed by atoms with Gasteiger partial charge in [-0.25, -0.2) is 0 Å². The van der Waals surface area contributed by atoms with Gasteiger partial charge in [0.25, 0.3) is 0 Å². The van der Waals surface area contributed by atoms with Crippen molar-refractivity contribution in [1.29, 1.82) is 0 Å². The van der Waals surface area contributed by atoms with Crippen LogP contribution in [0.4, 0.5) is 0 Å². The van der Waals surface area contributed by atoms with Gasteiger partial charge in [-0.2, -0.15) is 0 Å². The van der Waals surface area contributed by atoms with Crippen LogP contribution >= 0.6 is 15.9 Å². The van der Waals surface area contributed by atoms with Crippen molar-refractivity contribution in [3.8, 4) is 0 Å². The van der Waals surface area contributed by atoms with Gasteiger partial charge in [0, 0.05) is 16.6 Å². The summed E-state index contributed by atoms with van der Waals surface area (Å²) in [5.41, 5.74) is 1.96. The van der Waals surface area contributed by atoms with E-state index >= 15 is 0 Å². The second-order valence-corrected chi connectivity index (χ2v) is 5.86. The third-order valence-electron chi connectivity index (χ3n) is 3.44. The fourth-order valence-corrected chi connectivity index (χ4v) is 2.33. The highest BCUT2D eigenvalue weighted by atomic mass is 79.9. The minimum absolute atomic E-state index is 0.142. The van der Waals surface area contributed by atoms with Crippen LogP contribution in [-0.2, 0) is 6.54 Å². The topological polar surface area (TPSA) is 20.3 Å². The molecule has 0 aliphatic heterocycles. The number of carbonyl (C=O) groups excluding carboxylic acids is 1. The lowest BCUT2D eigenvalue weighted by molar-refractivity contribution is 0.0862. The molecule has 0 heterocycles. The average molecular weight is 332 g/mol. The summed E-state index contributed by atoms with van der Waals surface area (Å²) in [6, 6.07) is 17.6. The van der Waals surface area contributed by atoms with Crippen molar-refractivity contribution in [2.45, 2.75) is 19.5 Å². The van der Waals surface area contributed by atoms with E-state index in [9.17, 15) is 4.79 Å². The van der Waals surface area contributed by atoms with Crippen molar-refractivity contribution >= 4 is 21.7 Å².